The fourth-order valence-electron chi connectivity index (χ4n) is 2.74. The van der Waals surface area contributed by atoms with Gasteiger partial charge >= 0.3 is 0 Å². The van der Waals surface area contributed by atoms with Crippen LogP contribution in [-0.4, -0.2) is 34.2 Å². The van der Waals surface area contributed by atoms with Gasteiger partial charge in [0.2, 0.25) is 0 Å². The minimum Gasteiger partial charge on any atom is -0.506 e. The van der Waals surface area contributed by atoms with Crippen molar-refractivity contribution in [2.45, 2.75) is 25.6 Å². The zero-order chi connectivity index (χ0) is 14.4. The number of methoxy groups -OCH3 is 1. The summed E-state index contributed by atoms with van der Waals surface area (Å²) in [6.07, 6.45) is 0.108. The van der Waals surface area contributed by atoms with Crippen molar-refractivity contribution in [3.8, 4) is 5.75 Å². The van der Waals surface area contributed by atoms with Crippen molar-refractivity contribution < 1.29 is 19.7 Å². The molecular weight excluding hydrogens is 258 g/mol. The molecule has 1 unspecified atom stereocenters. The molecule has 0 saturated carbocycles. The molecule has 5 heteroatoms. The highest BCUT2D eigenvalue weighted by atomic mass is 16.5. The number of ether oxygens (including phenoxy) is 1. The highest BCUT2D eigenvalue weighted by molar-refractivity contribution is 6.07. The summed E-state index contributed by atoms with van der Waals surface area (Å²) in [5.74, 6) is -0.333. The lowest BCUT2D eigenvalue weighted by Gasteiger charge is -2.29. The first-order chi connectivity index (χ1) is 9.52. The molecule has 104 valence electrons. The van der Waals surface area contributed by atoms with Crippen LogP contribution >= 0.6 is 0 Å². The van der Waals surface area contributed by atoms with E-state index in [9.17, 15) is 15.0 Å². The number of benzene rings is 1. The Kier molecular flexibility index (Phi) is 2.96. The van der Waals surface area contributed by atoms with E-state index in [1.165, 1.54) is 7.11 Å². The van der Waals surface area contributed by atoms with Crippen LogP contribution in [0.1, 0.15) is 34.1 Å². The van der Waals surface area contributed by atoms with E-state index < -0.39 is 12.2 Å². The van der Waals surface area contributed by atoms with Crippen LogP contribution in [0.5, 0.6) is 5.75 Å². The van der Waals surface area contributed by atoms with Crippen LogP contribution in [0.15, 0.2) is 18.3 Å². The van der Waals surface area contributed by atoms with Crippen LogP contribution in [0.4, 0.5) is 0 Å². The van der Waals surface area contributed by atoms with Crippen molar-refractivity contribution in [2.24, 2.45) is 0 Å². The van der Waals surface area contributed by atoms with Crippen LogP contribution in [0, 0.1) is 6.92 Å². The van der Waals surface area contributed by atoms with Gasteiger partial charge in [-0.25, -0.2) is 0 Å². The Bertz CT molecular complexity index is 711. The smallest absolute Gasteiger partial charge is 0.169 e. The number of hydrogen-bond donors (Lipinski definition) is 2. The van der Waals surface area contributed by atoms with Crippen LogP contribution in [0.2, 0.25) is 0 Å². The third-order valence-electron chi connectivity index (χ3n) is 3.80. The summed E-state index contributed by atoms with van der Waals surface area (Å²) in [7, 11) is 1.46. The Labute approximate surface area is 115 Å². The molecule has 1 aromatic carbocycles. The van der Waals surface area contributed by atoms with Gasteiger partial charge in [0, 0.05) is 30.8 Å². The summed E-state index contributed by atoms with van der Waals surface area (Å²) in [6.45, 7) is 1.84. The number of ketones is 1. The Balaban J connectivity index is 2.32. The van der Waals surface area contributed by atoms with Gasteiger partial charge in [-0.2, -0.15) is 0 Å². The van der Waals surface area contributed by atoms with E-state index in [-0.39, 0.29) is 23.5 Å². The summed E-state index contributed by atoms with van der Waals surface area (Å²) in [5.41, 5.74) is 1.41. The van der Waals surface area contributed by atoms with Crippen molar-refractivity contribution in [1.29, 1.82) is 0 Å². The van der Waals surface area contributed by atoms with Crippen LogP contribution in [0.3, 0.4) is 0 Å². The van der Waals surface area contributed by atoms with Crippen molar-refractivity contribution in [3.63, 3.8) is 0 Å². The molecule has 1 aliphatic carbocycles. The molecule has 5 nitrogen and oxygen atoms in total. The second-order valence-corrected chi connectivity index (χ2v) is 5.08. The van der Waals surface area contributed by atoms with Gasteiger partial charge in [0.05, 0.1) is 11.7 Å². The van der Waals surface area contributed by atoms with Crippen molar-refractivity contribution in [1.82, 2.24) is 4.98 Å². The standard InChI is InChI=1S/C15H15NO4/c1-7-3-8-4-9-13(15(19)10(8)6-16-7)11(17)5-12(20-2)14(9)18/h3-4,6,12,14,18-19H,5H2,1-2H3/t12?,14-/m0/s1. The Morgan fingerprint density at radius 3 is 2.85 bits per heavy atom. The van der Waals surface area contributed by atoms with E-state index in [0.29, 0.717) is 10.9 Å². The van der Waals surface area contributed by atoms with Gasteiger partial charge in [-0.15, -0.1) is 0 Å². The largest absolute Gasteiger partial charge is 0.506 e. The Hall–Kier alpha value is -1.98. The normalized spacial score (nSPS) is 22.1. The SMILES string of the molecule is COC1CC(=O)c2c(cc3cc(C)ncc3c2O)[C@@H]1O. The van der Waals surface area contributed by atoms with Crippen LogP contribution in [-0.2, 0) is 4.74 Å². The summed E-state index contributed by atoms with van der Waals surface area (Å²) < 4.78 is 5.14. The molecule has 0 spiro atoms. The monoisotopic (exact) mass is 273 g/mol. The highest BCUT2D eigenvalue weighted by Gasteiger charge is 2.35. The third kappa shape index (κ3) is 1.78. The molecule has 20 heavy (non-hydrogen) atoms. The van der Waals surface area contributed by atoms with Crippen LogP contribution in [0.25, 0.3) is 10.8 Å². The summed E-state index contributed by atoms with van der Waals surface area (Å²) in [6, 6.07) is 3.54. The number of aliphatic hydroxyl groups excluding tert-OH is 1. The summed E-state index contributed by atoms with van der Waals surface area (Å²) >= 11 is 0. The zero-order valence-electron chi connectivity index (χ0n) is 11.3. The first kappa shape index (κ1) is 13.0. The molecular formula is C15H15NO4. The number of phenolic OH excluding ortho intramolecular Hbond substituents is 1. The minimum absolute atomic E-state index is 0.0586. The van der Waals surface area contributed by atoms with E-state index in [1.807, 2.05) is 13.0 Å². The molecule has 1 aliphatic rings. The van der Waals surface area contributed by atoms with E-state index in [4.69, 9.17) is 4.74 Å². The number of aromatic hydroxyl groups is 1. The van der Waals surface area contributed by atoms with Crippen LogP contribution < -0.4 is 0 Å². The second kappa shape index (κ2) is 4.54. The molecule has 3 rings (SSSR count). The lowest BCUT2D eigenvalue weighted by molar-refractivity contribution is -0.0193. The number of hydrogen-bond acceptors (Lipinski definition) is 5. The predicted molar refractivity (Wildman–Crippen MR) is 72.8 cm³/mol. The van der Waals surface area contributed by atoms with Gasteiger partial charge in [0.25, 0.3) is 0 Å². The quantitative estimate of drug-likeness (QED) is 0.829. The number of pyridine rings is 1. The number of aliphatic hydroxyl groups is 1. The molecule has 1 aromatic heterocycles. The number of fused-ring (bicyclic) bond motifs is 2. The summed E-state index contributed by atoms with van der Waals surface area (Å²) in [5, 5.41) is 21.9. The average molecular weight is 273 g/mol. The highest BCUT2D eigenvalue weighted by Crippen LogP contribution is 2.40. The van der Waals surface area contributed by atoms with Gasteiger partial charge in [-0.05, 0) is 30.0 Å². The van der Waals surface area contributed by atoms with Gasteiger partial charge in [0.1, 0.15) is 11.9 Å². The van der Waals surface area contributed by atoms with E-state index in [0.717, 1.165) is 11.1 Å². The maximum Gasteiger partial charge on any atom is 0.169 e. The first-order valence-corrected chi connectivity index (χ1v) is 6.39. The Morgan fingerprint density at radius 2 is 2.15 bits per heavy atom. The molecule has 2 atom stereocenters. The van der Waals surface area contributed by atoms with E-state index in [2.05, 4.69) is 4.98 Å². The number of nitrogens with zero attached hydrogens (tertiary/aromatic N) is 1. The predicted octanol–water partition coefficient (Wildman–Crippen LogP) is 1.88. The molecule has 0 fully saturated rings. The molecule has 0 aliphatic heterocycles. The lowest BCUT2D eigenvalue weighted by Crippen LogP contribution is -2.30. The molecule has 0 amide bonds. The van der Waals surface area contributed by atoms with Gasteiger partial charge in [-0.3, -0.25) is 9.78 Å². The van der Waals surface area contributed by atoms with Crippen molar-refractivity contribution in [2.75, 3.05) is 7.11 Å². The first-order valence-electron chi connectivity index (χ1n) is 6.39. The van der Waals surface area contributed by atoms with Gasteiger partial charge in [0.15, 0.2) is 5.78 Å². The molecule has 0 bridgehead atoms. The van der Waals surface area contributed by atoms with E-state index in [1.54, 1.807) is 12.3 Å². The number of rotatable bonds is 1. The summed E-state index contributed by atoms with van der Waals surface area (Å²) in [4.78, 5) is 16.3. The maximum atomic E-state index is 12.2. The number of aryl methyl sites for hydroxylation is 1. The number of aromatic nitrogens is 1. The second-order valence-electron chi connectivity index (χ2n) is 5.08. The van der Waals surface area contributed by atoms with E-state index >= 15 is 0 Å². The molecule has 2 N–H and O–H groups in total. The van der Waals surface area contributed by atoms with Crippen molar-refractivity contribution in [3.05, 3.63) is 35.2 Å². The molecule has 0 saturated heterocycles. The number of Topliss-reactive ketones (excluding diaryl/α,β-unsaturated/α-hetero) is 1. The average Bonchev–Trinajstić information content (AvgIpc) is 2.42. The number of phenols is 1. The minimum atomic E-state index is -0.920. The van der Waals surface area contributed by atoms with Gasteiger partial charge < -0.3 is 14.9 Å². The number of carbonyl (C=O) groups excluding carboxylic acids is 1. The fraction of sp³-hybridized carbons (Fsp3) is 0.333. The van der Waals surface area contributed by atoms with Gasteiger partial charge in [-0.1, -0.05) is 0 Å². The Morgan fingerprint density at radius 1 is 1.40 bits per heavy atom. The number of carbonyl (C=O) groups is 1. The maximum absolute atomic E-state index is 12.2. The van der Waals surface area contributed by atoms with Crippen molar-refractivity contribution >= 4 is 16.6 Å². The topological polar surface area (TPSA) is 79.7 Å². The lowest BCUT2D eigenvalue weighted by atomic mass is 9.84. The zero-order valence-corrected chi connectivity index (χ0v) is 11.3. The molecule has 2 aromatic rings. The third-order valence-corrected chi connectivity index (χ3v) is 3.80. The molecule has 1 heterocycles. The fourth-order valence-corrected chi connectivity index (χ4v) is 2.74. The molecule has 0 radical (unpaired) electrons.